The second-order valence-electron chi connectivity index (χ2n) is 19.2. The van der Waals surface area contributed by atoms with Gasteiger partial charge in [-0.25, -0.2) is 9.59 Å². The third-order valence-electron chi connectivity index (χ3n) is 10.6. The van der Waals surface area contributed by atoms with Gasteiger partial charge in [-0.2, -0.15) is 0 Å². The lowest BCUT2D eigenvalue weighted by molar-refractivity contribution is -0.144. The molecule has 2 fully saturated rings. The lowest BCUT2D eigenvalue weighted by Gasteiger charge is -2.55. The lowest BCUT2D eigenvalue weighted by Crippen LogP contribution is -2.73. The molecule has 0 saturated carbocycles. The van der Waals surface area contributed by atoms with Crippen molar-refractivity contribution in [2.24, 2.45) is 0 Å². The molecular formula is C36H80O12Si8. The normalized spacial score (nSPS) is 28.6. The Morgan fingerprint density at radius 3 is 0.804 bits per heavy atom. The fourth-order valence-electron chi connectivity index (χ4n) is 8.53. The van der Waals surface area contributed by atoms with Crippen molar-refractivity contribution in [1.82, 2.24) is 0 Å². The predicted molar refractivity (Wildman–Crippen MR) is 242 cm³/mol. The first-order chi connectivity index (χ1) is 25.2. The van der Waals surface area contributed by atoms with Crippen LogP contribution in [0, 0.1) is 0 Å². The third-order valence-corrected chi connectivity index (χ3v) is 49.0. The van der Waals surface area contributed by atoms with E-state index in [4.69, 9.17) is 42.4 Å². The number of esters is 2. The van der Waals surface area contributed by atoms with Crippen LogP contribution >= 0.6 is 0 Å². The number of carbonyl (C=O) groups is 2. The van der Waals surface area contributed by atoms with Gasteiger partial charge in [-0.05, 0) is 98.5 Å². The first kappa shape index (κ1) is 52.2. The highest BCUT2D eigenvalue weighted by molar-refractivity contribution is 6.96. The Morgan fingerprint density at radius 2 is 0.607 bits per heavy atom. The minimum Gasteiger partial charge on any atom is -0.457 e. The highest BCUT2D eigenvalue weighted by Gasteiger charge is 2.66. The second kappa shape index (κ2) is 19.0. The van der Waals surface area contributed by atoms with Gasteiger partial charge in [0, 0.05) is 12.2 Å². The highest BCUT2D eigenvalue weighted by atomic mass is 28.5. The van der Waals surface area contributed by atoms with Crippen molar-refractivity contribution in [2.45, 2.75) is 207 Å². The van der Waals surface area contributed by atoms with Crippen LogP contribution in [0.15, 0.2) is 12.2 Å². The molecule has 0 spiro atoms. The van der Waals surface area contributed by atoms with Crippen molar-refractivity contribution in [3.63, 3.8) is 0 Å². The zero-order valence-corrected chi connectivity index (χ0v) is 47.1. The van der Waals surface area contributed by atoms with Crippen LogP contribution in [0.5, 0.6) is 0 Å². The van der Waals surface area contributed by atoms with Gasteiger partial charge < -0.3 is 42.4 Å². The lowest BCUT2D eigenvalue weighted by atomic mass is 10.4. The van der Waals surface area contributed by atoms with Gasteiger partial charge in [-0.15, -0.1) is 0 Å². The third kappa shape index (κ3) is 11.9. The van der Waals surface area contributed by atoms with Crippen LogP contribution in [0.1, 0.15) is 110 Å². The van der Waals surface area contributed by atoms with Crippen LogP contribution in [0.4, 0.5) is 0 Å². The van der Waals surface area contributed by atoms with Crippen molar-refractivity contribution in [3.8, 4) is 0 Å². The summed E-state index contributed by atoms with van der Waals surface area (Å²) in [4.78, 5) is 27.5. The topological polar surface area (TPSA) is 126 Å². The molecule has 2 rings (SSSR count). The van der Waals surface area contributed by atoms with Crippen LogP contribution in [-0.4, -0.2) is 91.9 Å². The van der Waals surface area contributed by atoms with E-state index < -0.39 is 91.9 Å². The SMILES string of the molecule is CCC(OC(=O)/C=C/C(=O)OC(CC)[Si]1(C(C)C)O[Si](C)(C)O[Si](C)(C)O[Si](C(C)C)(C(C)C)O1)[Si]1(C(C)C)O[Si](C)(C)O[Si](C)(C)O[Si](C(C)C)(C(C)C)O1. The minimum atomic E-state index is -3.43. The Kier molecular flexibility index (Phi) is 17.7. The molecule has 56 heavy (non-hydrogen) atoms. The molecule has 2 aliphatic rings. The summed E-state index contributed by atoms with van der Waals surface area (Å²) in [7, 11) is -23.8. The molecule has 0 aromatic heterocycles. The van der Waals surface area contributed by atoms with Crippen molar-refractivity contribution >= 4 is 80.4 Å². The average molecular weight is 930 g/mol. The van der Waals surface area contributed by atoms with Crippen molar-refractivity contribution in [1.29, 1.82) is 0 Å². The molecule has 0 bridgehead atoms. The van der Waals surface area contributed by atoms with Gasteiger partial charge in [0.15, 0.2) is 0 Å². The Labute approximate surface area is 349 Å². The summed E-state index contributed by atoms with van der Waals surface area (Å²) in [6.07, 6.45) is 3.20. The van der Waals surface area contributed by atoms with Gasteiger partial charge >= 0.3 is 80.4 Å². The molecule has 0 aromatic carbocycles. The fourth-order valence-corrected chi connectivity index (χ4v) is 57.9. The molecule has 2 heterocycles. The van der Waals surface area contributed by atoms with E-state index >= 15 is 0 Å². The molecule has 2 saturated heterocycles. The van der Waals surface area contributed by atoms with Crippen molar-refractivity contribution in [2.75, 3.05) is 0 Å². The standard InChI is InChI=1S/C36H80O12Si8/c1-23-35(55(31(11)12)45-51(19,20)41-49(15,16)43-53(47-55,27(3)4)28(5)6)39-33(37)25-26-34(38)40-36(24-2)56(32(13)14)46-52(21,22)42-50(17,18)44-54(48-56,29(7)8)30(9)10/h25-32,35-36H,23-24H2,1-22H3/b26-25+. The van der Waals surface area contributed by atoms with E-state index in [-0.39, 0.29) is 33.2 Å². The van der Waals surface area contributed by atoms with E-state index in [1.54, 1.807) is 0 Å². The Bertz CT molecular complexity index is 1260. The molecule has 0 radical (unpaired) electrons. The van der Waals surface area contributed by atoms with Crippen LogP contribution < -0.4 is 0 Å². The molecule has 12 nitrogen and oxygen atoms in total. The zero-order valence-electron chi connectivity index (χ0n) is 39.1. The van der Waals surface area contributed by atoms with Crippen LogP contribution in [-0.2, 0) is 52.0 Å². The summed E-state index contributed by atoms with van der Waals surface area (Å²) in [6, 6.07) is 0. The van der Waals surface area contributed by atoms with Gasteiger partial charge in [-0.1, -0.05) is 96.9 Å². The zero-order chi connectivity index (χ0) is 43.7. The number of carbonyl (C=O) groups excluding carboxylic acids is 2. The number of hydrogen-bond donors (Lipinski definition) is 0. The number of rotatable bonds is 14. The average Bonchev–Trinajstić information content (AvgIpc) is 3.00. The van der Waals surface area contributed by atoms with Crippen LogP contribution in [0.25, 0.3) is 0 Å². The predicted octanol–water partition coefficient (Wildman–Crippen LogP) is 10.5. The smallest absolute Gasteiger partial charge is 0.365 e. The van der Waals surface area contributed by atoms with Gasteiger partial charge in [0.1, 0.15) is 11.5 Å². The minimum absolute atomic E-state index is 0.0849. The molecule has 4 atom stereocenters. The molecule has 0 aliphatic carbocycles. The van der Waals surface area contributed by atoms with Crippen molar-refractivity contribution in [3.05, 3.63) is 12.2 Å². The monoisotopic (exact) mass is 928 g/mol. The molecule has 0 aromatic rings. The van der Waals surface area contributed by atoms with E-state index in [0.29, 0.717) is 12.8 Å². The van der Waals surface area contributed by atoms with Gasteiger partial charge in [0.2, 0.25) is 0 Å². The van der Waals surface area contributed by atoms with Gasteiger partial charge in [0.05, 0.1) is 0 Å². The molecule has 20 heteroatoms. The molecular weight excluding hydrogens is 849 g/mol. The molecule has 328 valence electrons. The first-order valence-corrected chi connectivity index (χ1v) is 40.1. The van der Waals surface area contributed by atoms with E-state index in [2.05, 4.69) is 109 Å². The molecule has 0 N–H and O–H groups in total. The maximum atomic E-state index is 13.8. The summed E-state index contributed by atoms with van der Waals surface area (Å²) in [5, 5.41) is 0. The first-order valence-electron chi connectivity index (χ1n) is 20.9. The van der Waals surface area contributed by atoms with Gasteiger partial charge in [0.25, 0.3) is 0 Å². The molecule has 0 amide bonds. The fraction of sp³-hybridized carbons (Fsp3) is 0.889. The largest absolute Gasteiger partial charge is 0.457 e. The molecule has 4 unspecified atom stereocenters. The summed E-state index contributed by atoms with van der Waals surface area (Å²) < 4.78 is 69.6. The Balaban J connectivity index is 2.55. The number of hydrogen-bond acceptors (Lipinski definition) is 12. The quantitative estimate of drug-likeness (QED) is 0.0935. The van der Waals surface area contributed by atoms with E-state index in [1.807, 2.05) is 40.0 Å². The summed E-state index contributed by atoms with van der Waals surface area (Å²) >= 11 is 0. The maximum Gasteiger partial charge on any atom is 0.365 e. The van der Waals surface area contributed by atoms with Gasteiger partial charge in [-0.3, -0.25) is 0 Å². The highest BCUT2D eigenvalue weighted by Crippen LogP contribution is 2.48. The summed E-state index contributed by atoms with van der Waals surface area (Å²) in [5.74, 6) is -1.35. The second-order valence-corrected chi connectivity index (χ2v) is 50.9. The van der Waals surface area contributed by atoms with E-state index in [0.717, 1.165) is 12.2 Å². The summed E-state index contributed by atoms with van der Waals surface area (Å²) in [5.41, 5.74) is -1.25. The van der Waals surface area contributed by atoms with Crippen LogP contribution in [0.3, 0.4) is 0 Å². The Hall–Kier alpha value is 0.0951. The molecule has 2 aliphatic heterocycles. The number of ether oxygens (including phenoxy) is 2. The maximum absolute atomic E-state index is 13.8. The Morgan fingerprint density at radius 1 is 0.393 bits per heavy atom. The summed E-state index contributed by atoms with van der Waals surface area (Å²) in [6.45, 7) is 45.7. The van der Waals surface area contributed by atoms with E-state index in [1.165, 1.54) is 0 Å². The van der Waals surface area contributed by atoms with E-state index in [9.17, 15) is 9.59 Å². The van der Waals surface area contributed by atoms with Crippen LogP contribution in [0.2, 0.25) is 85.6 Å². The van der Waals surface area contributed by atoms with Crippen molar-refractivity contribution < 1.29 is 52.0 Å².